The van der Waals surface area contributed by atoms with Gasteiger partial charge in [0.25, 0.3) is 0 Å². The van der Waals surface area contributed by atoms with E-state index >= 15 is 0 Å². The van der Waals surface area contributed by atoms with Crippen LogP contribution in [0.4, 0.5) is 11.4 Å². The summed E-state index contributed by atoms with van der Waals surface area (Å²) in [5, 5.41) is 14.5. The van der Waals surface area contributed by atoms with Crippen LogP contribution in [-0.2, 0) is 0 Å². The van der Waals surface area contributed by atoms with Crippen molar-refractivity contribution in [1.82, 2.24) is 4.98 Å². The molecule has 0 unspecified atom stereocenters. The van der Waals surface area contributed by atoms with Crippen LogP contribution in [0.2, 0.25) is 0 Å². The standard InChI is InChI=1S/C12H13N3O2S2/c1-18-12(4-5-12)6-13-8-2-3-9-10(14-7-19-9)11(8)15(16)17/h2-3,7,13H,4-6H2,1H3. The summed E-state index contributed by atoms with van der Waals surface area (Å²) in [5.41, 5.74) is 2.79. The number of thiazole rings is 1. The van der Waals surface area contributed by atoms with E-state index in [1.165, 1.54) is 24.2 Å². The third-order valence-electron chi connectivity index (χ3n) is 3.50. The number of rotatable bonds is 5. The van der Waals surface area contributed by atoms with E-state index in [-0.39, 0.29) is 15.4 Å². The Morgan fingerprint density at radius 2 is 2.37 bits per heavy atom. The lowest BCUT2D eigenvalue weighted by Crippen LogP contribution is -2.18. The zero-order chi connectivity index (χ0) is 13.5. The van der Waals surface area contributed by atoms with Gasteiger partial charge in [-0.25, -0.2) is 4.98 Å². The van der Waals surface area contributed by atoms with Crippen LogP contribution in [0.5, 0.6) is 0 Å². The van der Waals surface area contributed by atoms with Crippen molar-refractivity contribution in [1.29, 1.82) is 0 Å². The van der Waals surface area contributed by atoms with Crippen molar-refractivity contribution >= 4 is 44.7 Å². The van der Waals surface area contributed by atoms with Gasteiger partial charge in [0, 0.05) is 11.3 Å². The molecule has 3 rings (SSSR count). The van der Waals surface area contributed by atoms with Crippen LogP contribution in [-0.4, -0.2) is 27.5 Å². The molecule has 0 atom stereocenters. The Labute approximate surface area is 118 Å². The molecule has 1 N–H and O–H groups in total. The molecule has 1 aromatic heterocycles. The van der Waals surface area contributed by atoms with E-state index in [0.29, 0.717) is 11.2 Å². The van der Waals surface area contributed by atoms with Gasteiger partial charge >= 0.3 is 5.69 Å². The van der Waals surface area contributed by atoms with E-state index < -0.39 is 0 Å². The summed E-state index contributed by atoms with van der Waals surface area (Å²) in [6, 6.07) is 3.68. The zero-order valence-corrected chi connectivity index (χ0v) is 12.0. The molecule has 0 amide bonds. The van der Waals surface area contributed by atoms with Crippen molar-refractivity contribution in [2.45, 2.75) is 17.6 Å². The molecule has 100 valence electrons. The van der Waals surface area contributed by atoms with E-state index in [1.807, 2.05) is 17.8 Å². The lowest BCUT2D eigenvalue weighted by Gasteiger charge is -2.14. The second-order valence-corrected chi connectivity index (χ2v) is 6.82. The SMILES string of the molecule is CSC1(CNc2ccc3scnc3c2[N+](=O)[O-])CC1. The minimum atomic E-state index is -0.344. The van der Waals surface area contributed by atoms with Gasteiger partial charge in [-0.3, -0.25) is 10.1 Å². The molecule has 1 aromatic carbocycles. The average Bonchev–Trinajstić information content (AvgIpc) is 3.03. The van der Waals surface area contributed by atoms with Gasteiger partial charge in [-0.2, -0.15) is 11.8 Å². The number of anilines is 1. The van der Waals surface area contributed by atoms with E-state index in [2.05, 4.69) is 16.6 Å². The number of hydrogen-bond acceptors (Lipinski definition) is 6. The van der Waals surface area contributed by atoms with E-state index in [4.69, 9.17) is 0 Å². The molecule has 0 spiro atoms. The van der Waals surface area contributed by atoms with Crippen LogP contribution in [0.3, 0.4) is 0 Å². The molecule has 0 saturated heterocycles. The lowest BCUT2D eigenvalue weighted by atomic mass is 10.2. The van der Waals surface area contributed by atoms with Crippen LogP contribution in [0, 0.1) is 10.1 Å². The first kappa shape index (κ1) is 12.7. The molecule has 1 saturated carbocycles. The van der Waals surface area contributed by atoms with Gasteiger partial charge in [0.15, 0.2) is 5.52 Å². The molecule has 19 heavy (non-hydrogen) atoms. The smallest absolute Gasteiger partial charge is 0.319 e. The van der Waals surface area contributed by atoms with E-state index in [0.717, 1.165) is 11.2 Å². The number of hydrogen-bond donors (Lipinski definition) is 1. The minimum absolute atomic E-state index is 0.0932. The molecule has 1 aliphatic rings. The minimum Gasteiger partial charge on any atom is -0.378 e. The van der Waals surface area contributed by atoms with Crippen molar-refractivity contribution in [2.24, 2.45) is 0 Å². The maximum Gasteiger partial charge on any atom is 0.319 e. The highest BCUT2D eigenvalue weighted by molar-refractivity contribution is 8.00. The monoisotopic (exact) mass is 295 g/mol. The molecule has 1 heterocycles. The molecule has 5 nitrogen and oxygen atoms in total. The van der Waals surface area contributed by atoms with Crippen LogP contribution in [0.25, 0.3) is 10.2 Å². The van der Waals surface area contributed by atoms with Gasteiger partial charge in [-0.1, -0.05) is 0 Å². The number of benzene rings is 1. The number of nitro groups is 1. The third kappa shape index (κ3) is 2.28. The van der Waals surface area contributed by atoms with Gasteiger partial charge in [0.05, 0.1) is 15.1 Å². The maximum atomic E-state index is 11.3. The van der Waals surface area contributed by atoms with Crippen LogP contribution < -0.4 is 5.32 Å². The predicted molar refractivity (Wildman–Crippen MR) is 80.2 cm³/mol. The number of nitro benzene ring substituents is 1. The quantitative estimate of drug-likeness (QED) is 0.675. The Bertz CT molecular complexity index is 637. The van der Waals surface area contributed by atoms with Gasteiger partial charge < -0.3 is 5.32 Å². The van der Waals surface area contributed by atoms with Crippen LogP contribution in [0.15, 0.2) is 17.6 Å². The second-order valence-electron chi connectivity index (χ2n) is 4.66. The van der Waals surface area contributed by atoms with E-state index in [9.17, 15) is 10.1 Å². The summed E-state index contributed by atoms with van der Waals surface area (Å²) >= 11 is 3.25. The topological polar surface area (TPSA) is 68.1 Å². The highest BCUT2D eigenvalue weighted by Gasteiger charge is 2.42. The van der Waals surface area contributed by atoms with Crippen molar-refractivity contribution in [3.8, 4) is 0 Å². The Hall–Kier alpha value is -1.34. The van der Waals surface area contributed by atoms with Crippen molar-refractivity contribution in [3.63, 3.8) is 0 Å². The summed E-state index contributed by atoms with van der Waals surface area (Å²) < 4.78 is 1.12. The summed E-state index contributed by atoms with van der Waals surface area (Å²) in [7, 11) is 0. The highest BCUT2D eigenvalue weighted by atomic mass is 32.2. The normalized spacial score (nSPS) is 16.5. The molecule has 0 aliphatic heterocycles. The first-order chi connectivity index (χ1) is 9.15. The maximum absolute atomic E-state index is 11.3. The summed E-state index contributed by atoms with van der Waals surface area (Å²) in [4.78, 5) is 15.0. The Morgan fingerprint density at radius 1 is 1.58 bits per heavy atom. The van der Waals surface area contributed by atoms with Gasteiger partial charge in [0.2, 0.25) is 0 Å². The predicted octanol–water partition coefficient (Wildman–Crippen LogP) is 3.51. The fraction of sp³-hybridized carbons (Fsp3) is 0.417. The summed E-state index contributed by atoms with van der Waals surface area (Å²) in [5.74, 6) is 0. The summed E-state index contributed by atoms with van der Waals surface area (Å²) in [6.45, 7) is 0.769. The molecule has 1 fully saturated rings. The molecule has 0 bridgehead atoms. The third-order valence-corrected chi connectivity index (χ3v) is 5.71. The van der Waals surface area contributed by atoms with Gasteiger partial charge in [-0.15, -0.1) is 11.3 Å². The average molecular weight is 295 g/mol. The number of nitrogens with zero attached hydrogens (tertiary/aromatic N) is 2. The first-order valence-electron chi connectivity index (χ1n) is 5.95. The molecular weight excluding hydrogens is 282 g/mol. The van der Waals surface area contributed by atoms with E-state index in [1.54, 1.807) is 11.6 Å². The Morgan fingerprint density at radius 3 is 3.00 bits per heavy atom. The Kier molecular flexibility index (Phi) is 3.10. The molecule has 0 radical (unpaired) electrons. The molecular formula is C12H13N3O2S2. The van der Waals surface area contributed by atoms with Crippen molar-refractivity contribution < 1.29 is 4.92 Å². The Balaban J connectivity index is 1.93. The number of fused-ring (bicyclic) bond motifs is 1. The molecule has 2 aromatic rings. The largest absolute Gasteiger partial charge is 0.378 e. The van der Waals surface area contributed by atoms with Crippen molar-refractivity contribution in [3.05, 3.63) is 27.8 Å². The van der Waals surface area contributed by atoms with Gasteiger partial charge in [0.1, 0.15) is 5.69 Å². The summed E-state index contributed by atoms with van der Waals surface area (Å²) in [6.07, 6.45) is 4.44. The fourth-order valence-electron chi connectivity index (χ4n) is 2.09. The fourth-order valence-corrected chi connectivity index (χ4v) is 3.50. The number of aromatic nitrogens is 1. The number of nitrogens with one attached hydrogen (secondary N) is 1. The van der Waals surface area contributed by atoms with Crippen molar-refractivity contribution in [2.75, 3.05) is 18.1 Å². The lowest BCUT2D eigenvalue weighted by molar-refractivity contribution is -0.382. The van der Waals surface area contributed by atoms with Crippen LogP contribution in [0.1, 0.15) is 12.8 Å². The van der Waals surface area contributed by atoms with Crippen LogP contribution >= 0.6 is 23.1 Å². The second kappa shape index (κ2) is 4.64. The molecule has 1 aliphatic carbocycles. The zero-order valence-electron chi connectivity index (χ0n) is 10.4. The highest BCUT2D eigenvalue weighted by Crippen LogP contribution is 2.47. The number of thioether (sulfide) groups is 1. The molecule has 7 heteroatoms. The van der Waals surface area contributed by atoms with Gasteiger partial charge in [-0.05, 0) is 31.2 Å². The first-order valence-corrected chi connectivity index (χ1v) is 8.05.